The molecular formula is C13H18N2O4. The number of hydrogen-bond donors (Lipinski definition) is 4. The maximum atomic E-state index is 12.1. The zero-order valence-electron chi connectivity index (χ0n) is 10.9. The molecule has 1 amide bonds. The van der Waals surface area contributed by atoms with E-state index in [1.807, 2.05) is 6.92 Å². The second-order valence-electron chi connectivity index (χ2n) is 4.61. The second-order valence-corrected chi connectivity index (χ2v) is 4.61. The fourth-order valence-electron chi connectivity index (χ4n) is 1.44. The van der Waals surface area contributed by atoms with Crippen molar-refractivity contribution in [3.8, 4) is 5.75 Å². The molecular weight excluding hydrogens is 248 g/mol. The quantitative estimate of drug-likeness (QED) is 0.602. The van der Waals surface area contributed by atoms with Crippen molar-refractivity contribution < 1.29 is 19.8 Å². The summed E-state index contributed by atoms with van der Waals surface area (Å²) in [6.45, 7) is 3.70. The van der Waals surface area contributed by atoms with Crippen molar-refractivity contribution in [3.63, 3.8) is 0 Å². The van der Waals surface area contributed by atoms with Gasteiger partial charge in [-0.15, -0.1) is 0 Å². The minimum atomic E-state index is -1.13. The van der Waals surface area contributed by atoms with Crippen LogP contribution in [0.1, 0.15) is 30.6 Å². The molecule has 0 saturated carbocycles. The zero-order valence-corrected chi connectivity index (χ0v) is 10.9. The Hall–Kier alpha value is -2.08. The van der Waals surface area contributed by atoms with Gasteiger partial charge in [-0.2, -0.15) is 0 Å². The molecule has 1 atom stereocenters. The summed E-state index contributed by atoms with van der Waals surface area (Å²) in [6.07, 6.45) is 0.536. The molecule has 104 valence electrons. The van der Waals surface area contributed by atoms with Gasteiger partial charge < -0.3 is 21.3 Å². The van der Waals surface area contributed by atoms with Crippen LogP contribution in [0.15, 0.2) is 18.2 Å². The number of nitrogens with two attached hydrogens (primary N) is 1. The molecule has 6 nitrogen and oxygen atoms in total. The van der Waals surface area contributed by atoms with Gasteiger partial charge >= 0.3 is 5.97 Å². The first-order valence-corrected chi connectivity index (χ1v) is 5.92. The number of nitrogens with one attached hydrogen (secondary N) is 1. The van der Waals surface area contributed by atoms with Crippen molar-refractivity contribution in [2.45, 2.75) is 20.3 Å². The van der Waals surface area contributed by atoms with Crippen LogP contribution in [-0.4, -0.2) is 28.6 Å². The summed E-state index contributed by atoms with van der Waals surface area (Å²) in [4.78, 5) is 22.9. The lowest BCUT2D eigenvalue weighted by molar-refractivity contribution is -0.124. The molecule has 1 unspecified atom stereocenters. The van der Waals surface area contributed by atoms with E-state index < -0.39 is 11.4 Å². The minimum absolute atomic E-state index is 0.0148. The average Bonchev–Trinajstić information content (AvgIpc) is 2.39. The maximum Gasteiger partial charge on any atom is 0.335 e. The molecule has 0 aliphatic carbocycles. The van der Waals surface area contributed by atoms with Crippen molar-refractivity contribution in [1.29, 1.82) is 0 Å². The fourth-order valence-corrected chi connectivity index (χ4v) is 1.44. The first-order chi connectivity index (χ1) is 8.84. The Kier molecular flexibility index (Phi) is 4.50. The monoisotopic (exact) mass is 266 g/mol. The Morgan fingerprint density at radius 3 is 2.53 bits per heavy atom. The van der Waals surface area contributed by atoms with Crippen molar-refractivity contribution in [3.05, 3.63) is 23.8 Å². The molecule has 0 aliphatic heterocycles. The van der Waals surface area contributed by atoms with E-state index in [2.05, 4.69) is 5.32 Å². The highest BCUT2D eigenvalue weighted by Crippen LogP contribution is 2.28. The number of aromatic carboxylic acids is 1. The molecule has 0 spiro atoms. The second kappa shape index (κ2) is 5.71. The van der Waals surface area contributed by atoms with E-state index in [-0.39, 0.29) is 29.5 Å². The maximum absolute atomic E-state index is 12.1. The van der Waals surface area contributed by atoms with Crippen LogP contribution in [0.4, 0.5) is 5.69 Å². The standard InChI is InChI=1S/C13H18N2O4/c1-3-13(2,7-14)12(19)15-9-6-8(11(17)18)4-5-10(9)16/h4-6,16H,3,7,14H2,1-2H3,(H,15,19)(H,17,18). The first kappa shape index (κ1) is 15.0. The lowest BCUT2D eigenvalue weighted by Crippen LogP contribution is -2.39. The summed E-state index contributed by atoms with van der Waals surface area (Å²) < 4.78 is 0. The Balaban J connectivity index is 3.02. The SMILES string of the molecule is CCC(C)(CN)C(=O)Nc1cc(C(=O)O)ccc1O. The number of rotatable bonds is 5. The average molecular weight is 266 g/mol. The van der Waals surface area contributed by atoms with Crippen LogP contribution >= 0.6 is 0 Å². The van der Waals surface area contributed by atoms with E-state index in [1.54, 1.807) is 6.92 Å². The lowest BCUT2D eigenvalue weighted by Gasteiger charge is -2.25. The smallest absolute Gasteiger partial charge is 0.335 e. The van der Waals surface area contributed by atoms with E-state index in [0.29, 0.717) is 6.42 Å². The fraction of sp³-hybridized carbons (Fsp3) is 0.385. The van der Waals surface area contributed by atoms with Gasteiger partial charge in [0.1, 0.15) is 5.75 Å². The lowest BCUT2D eigenvalue weighted by atomic mass is 9.86. The number of amides is 1. The summed E-state index contributed by atoms with van der Waals surface area (Å²) in [5.41, 5.74) is 4.87. The Bertz CT molecular complexity index is 495. The van der Waals surface area contributed by atoms with Gasteiger partial charge in [-0.3, -0.25) is 4.79 Å². The Morgan fingerprint density at radius 1 is 1.42 bits per heavy atom. The molecule has 1 aromatic rings. The molecule has 1 aromatic carbocycles. The number of aromatic hydroxyl groups is 1. The third kappa shape index (κ3) is 3.23. The molecule has 0 fully saturated rings. The van der Waals surface area contributed by atoms with Gasteiger partial charge in [-0.25, -0.2) is 4.79 Å². The van der Waals surface area contributed by atoms with Gasteiger partial charge in [0, 0.05) is 6.54 Å². The van der Waals surface area contributed by atoms with Crippen molar-refractivity contribution in [1.82, 2.24) is 0 Å². The highest BCUT2D eigenvalue weighted by molar-refractivity contribution is 5.98. The Labute approximate surface area is 111 Å². The van der Waals surface area contributed by atoms with Crippen LogP contribution in [0.25, 0.3) is 0 Å². The third-order valence-electron chi connectivity index (χ3n) is 3.27. The summed E-state index contributed by atoms with van der Waals surface area (Å²) in [5.74, 6) is -1.67. The van der Waals surface area contributed by atoms with Gasteiger partial charge in [0.15, 0.2) is 0 Å². The Morgan fingerprint density at radius 2 is 2.05 bits per heavy atom. The summed E-state index contributed by atoms with van der Waals surface area (Å²) in [7, 11) is 0. The molecule has 0 saturated heterocycles. The van der Waals surface area contributed by atoms with E-state index in [4.69, 9.17) is 10.8 Å². The predicted octanol–water partition coefficient (Wildman–Crippen LogP) is 1.40. The molecule has 0 bridgehead atoms. The molecule has 6 heteroatoms. The van der Waals surface area contributed by atoms with Crippen LogP contribution in [-0.2, 0) is 4.79 Å². The van der Waals surface area contributed by atoms with E-state index in [1.165, 1.54) is 18.2 Å². The van der Waals surface area contributed by atoms with Gasteiger partial charge in [-0.1, -0.05) is 6.92 Å². The van der Waals surface area contributed by atoms with E-state index in [0.717, 1.165) is 0 Å². The van der Waals surface area contributed by atoms with Crippen LogP contribution in [0.3, 0.4) is 0 Å². The van der Waals surface area contributed by atoms with Crippen LogP contribution in [0.5, 0.6) is 5.75 Å². The topological polar surface area (TPSA) is 113 Å². The molecule has 0 heterocycles. The largest absolute Gasteiger partial charge is 0.506 e. The van der Waals surface area contributed by atoms with Crippen LogP contribution < -0.4 is 11.1 Å². The molecule has 1 rings (SSSR count). The number of carbonyl (C=O) groups excluding carboxylic acids is 1. The number of anilines is 1. The van der Waals surface area contributed by atoms with Crippen molar-refractivity contribution in [2.75, 3.05) is 11.9 Å². The van der Waals surface area contributed by atoms with E-state index in [9.17, 15) is 14.7 Å². The number of benzene rings is 1. The number of hydrogen-bond acceptors (Lipinski definition) is 4. The molecule has 0 aliphatic rings. The molecule has 0 radical (unpaired) electrons. The zero-order chi connectivity index (χ0) is 14.6. The van der Waals surface area contributed by atoms with Gasteiger partial charge in [0.05, 0.1) is 16.7 Å². The molecule has 0 aromatic heterocycles. The van der Waals surface area contributed by atoms with Crippen LogP contribution in [0.2, 0.25) is 0 Å². The van der Waals surface area contributed by atoms with Gasteiger partial charge in [-0.05, 0) is 31.5 Å². The third-order valence-corrected chi connectivity index (χ3v) is 3.27. The molecule has 5 N–H and O–H groups in total. The number of carbonyl (C=O) groups is 2. The van der Waals surface area contributed by atoms with Gasteiger partial charge in [0.2, 0.25) is 5.91 Å². The van der Waals surface area contributed by atoms with Crippen molar-refractivity contribution >= 4 is 17.6 Å². The highest BCUT2D eigenvalue weighted by Gasteiger charge is 2.30. The minimum Gasteiger partial charge on any atom is -0.506 e. The predicted molar refractivity (Wildman–Crippen MR) is 71.1 cm³/mol. The number of carboxylic acids is 1. The number of carboxylic acid groups (broad SMARTS) is 1. The van der Waals surface area contributed by atoms with Crippen LogP contribution in [0, 0.1) is 5.41 Å². The number of phenols is 1. The number of phenolic OH excluding ortho intramolecular Hbond substituents is 1. The highest BCUT2D eigenvalue weighted by atomic mass is 16.4. The summed E-state index contributed by atoms with van der Waals surface area (Å²) in [6, 6.07) is 3.70. The summed E-state index contributed by atoms with van der Waals surface area (Å²) >= 11 is 0. The van der Waals surface area contributed by atoms with Crippen molar-refractivity contribution in [2.24, 2.45) is 11.1 Å². The summed E-state index contributed by atoms with van der Waals surface area (Å²) in [5, 5.41) is 21.0. The normalized spacial score (nSPS) is 13.6. The van der Waals surface area contributed by atoms with E-state index >= 15 is 0 Å². The van der Waals surface area contributed by atoms with Gasteiger partial charge in [0.25, 0.3) is 0 Å². The molecule has 19 heavy (non-hydrogen) atoms. The first-order valence-electron chi connectivity index (χ1n) is 5.92.